The van der Waals surface area contributed by atoms with Gasteiger partial charge in [0.15, 0.2) is 0 Å². The number of nitrogens with zero attached hydrogens (tertiary/aromatic N) is 4. The second kappa shape index (κ2) is 7.58. The monoisotopic (exact) mass is 454 g/mol. The van der Waals surface area contributed by atoms with Crippen LogP contribution in [0.4, 0.5) is 8.78 Å². The maximum atomic E-state index is 13.6. The molecule has 0 atom stereocenters. The van der Waals surface area contributed by atoms with Crippen LogP contribution in [0.25, 0.3) is 11.0 Å². The maximum absolute atomic E-state index is 13.6. The first-order valence-corrected chi connectivity index (χ1v) is 12.1. The van der Waals surface area contributed by atoms with E-state index in [-0.39, 0.29) is 42.2 Å². The second-order valence-corrected chi connectivity index (χ2v) is 11.8. The van der Waals surface area contributed by atoms with Gasteiger partial charge in [-0.05, 0) is 37.0 Å². The van der Waals surface area contributed by atoms with Crippen LogP contribution in [-0.4, -0.2) is 47.3 Å². The molecule has 1 saturated carbocycles. The Morgan fingerprint density at radius 2 is 1.84 bits per heavy atom. The van der Waals surface area contributed by atoms with Crippen molar-refractivity contribution in [3.05, 3.63) is 28.9 Å². The molecule has 0 spiro atoms. The van der Waals surface area contributed by atoms with Gasteiger partial charge in [0.2, 0.25) is 15.9 Å². The number of halogens is 2. The van der Waals surface area contributed by atoms with Crippen molar-refractivity contribution < 1.29 is 17.2 Å². The zero-order chi connectivity index (χ0) is 22.6. The van der Waals surface area contributed by atoms with Crippen LogP contribution in [0.3, 0.4) is 0 Å². The number of fused-ring (bicyclic) bond motifs is 1. The molecule has 7 nitrogen and oxygen atoms in total. The first-order chi connectivity index (χ1) is 14.4. The van der Waals surface area contributed by atoms with Crippen LogP contribution in [0, 0.1) is 10.8 Å². The molecule has 1 aromatic heterocycles. The predicted octanol–water partition coefficient (Wildman–Crippen LogP) is 4.30. The number of hydrogen-bond acceptors (Lipinski definition) is 5. The largest absolute Gasteiger partial charge is 0.327 e. The van der Waals surface area contributed by atoms with E-state index in [1.807, 2.05) is 20.8 Å². The molecule has 0 unspecified atom stereocenters. The summed E-state index contributed by atoms with van der Waals surface area (Å²) in [4.78, 5) is 15.5. The van der Waals surface area contributed by atoms with E-state index in [1.54, 1.807) is 18.2 Å². The number of imidazole rings is 1. The zero-order valence-corrected chi connectivity index (χ0v) is 18.8. The first kappa shape index (κ1) is 22.3. The topological polar surface area (TPSA) is 84.6 Å². The highest BCUT2D eigenvalue weighted by atomic mass is 32.2. The van der Waals surface area contributed by atoms with E-state index in [0.717, 1.165) is 11.3 Å². The molecule has 2 aliphatic rings. The zero-order valence-electron chi connectivity index (χ0n) is 18.0. The minimum Gasteiger partial charge on any atom is -0.327 e. The average Bonchev–Trinajstić information content (AvgIpc) is 3.00. The van der Waals surface area contributed by atoms with Crippen molar-refractivity contribution in [2.45, 2.75) is 75.3 Å². The van der Waals surface area contributed by atoms with Gasteiger partial charge in [-0.2, -0.15) is 9.21 Å². The number of alkyl halides is 2. The number of hydrogen-bond donors (Lipinski definition) is 0. The lowest BCUT2D eigenvalue weighted by molar-refractivity contribution is -0.0473. The van der Waals surface area contributed by atoms with Crippen LogP contribution in [0.1, 0.15) is 52.3 Å². The van der Waals surface area contributed by atoms with Crippen molar-refractivity contribution in [3.8, 4) is 0 Å². The highest BCUT2D eigenvalue weighted by Gasteiger charge is 2.38. The van der Waals surface area contributed by atoms with Gasteiger partial charge >= 0.3 is 0 Å². The summed E-state index contributed by atoms with van der Waals surface area (Å²) in [6, 6.07) is 4.37. The number of sulfonamides is 1. The van der Waals surface area contributed by atoms with Crippen molar-refractivity contribution >= 4 is 21.1 Å². The van der Waals surface area contributed by atoms with Gasteiger partial charge in [-0.25, -0.2) is 22.2 Å². The number of aromatic nitrogens is 2. The molecule has 31 heavy (non-hydrogen) atoms. The van der Waals surface area contributed by atoms with Gasteiger partial charge in [-0.15, -0.1) is 0 Å². The minimum atomic E-state index is -3.71. The van der Waals surface area contributed by atoms with Crippen molar-refractivity contribution in [2.75, 3.05) is 13.1 Å². The Morgan fingerprint density at radius 1 is 1.19 bits per heavy atom. The third-order valence-electron chi connectivity index (χ3n) is 6.28. The summed E-state index contributed by atoms with van der Waals surface area (Å²) in [6.45, 7) is 6.87. The van der Waals surface area contributed by atoms with Crippen LogP contribution in [-0.2, 0) is 22.0 Å². The Labute approximate surface area is 180 Å². The SMILES string of the molecule is CC(C)(C)c1nc2cc(S(=O)(=O)N3CC(N=O)C3)ccc2n1CC1CCC(F)(F)CC1. The molecule has 4 rings (SSSR count). The van der Waals surface area contributed by atoms with Crippen molar-refractivity contribution in [2.24, 2.45) is 11.1 Å². The Kier molecular flexibility index (Phi) is 5.44. The lowest BCUT2D eigenvalue weighted by atomic mass is 9.86. The van der Waals surface area contributed by atoms with E-state index in [9.17, 15) is 22.1 Å². The molecule has 2 fully saturated rings. The van der Waals surface area contributed by atoms with Gasteiger partial charge in [-0.1, -0.05) is 25.9 Å². The van der Waals surface area contributed by atoms with E-state index in [4.69, 9.17) is 4.98 Å². The standard InChI is InChI=1S/C21H28F2N4O3S/c1-20(2,3)19-24-17-10-16(31(29,30)26-12-15(13-26)25-28)4-5-18(17)27(19)11-14-6-8-21(22,23)9-7-14/h4-5,10,14-15H,6-9,11-13H2,1-3H3. The fraction of sp³-hybridized carbons (Fsp3) is 0.667. The van der Waals surface area contributed by atoms with Crippen LogP contribution in [0.15, 0.2) is 28.3 Å². The molecule has 1 aromatic carbocycles. The molecule has 2 heterocycles. The van der Waals surface area contributed by atoms with Gasteiger partial charge < -0.3 is 4.57 Å². The van der Waals surface area contributed by atoms with Gasteiger partial charge in [-0.3, -0.25) is 0 Å². The van der Waals surface area contributed by atoms with Crippen LogP contribution in [0.5, 0.6) is 0 Å². The first-order valence-electron chi connectivity index (χ1n) is 10.6. The third-order valence-corrected chi connectivity index (χ3v) is 8.11. The summed E-state index contributed by atoms with van der Waals surface area (Å²) < 4.78 is 56.2. The highest BCUT2D eigenvalue weighted by molar-refractivity contribution is 7.89. The summed E-state index contributed by atoms with van der Waals surface area (Å²) in [5.41, 5.74) is 1.08. The number of benzene rings is 1. The molecule has 0 radical (unpaired) electrons. The van der Waals surface area contributed by atoms with E-state index in [2.05, 4.69) is 9.74 Å². The summed E-state index contributed by atoms with van der Waals surface area (Å²) in [5.74, 6) is -1.63. The van der Waals surface area contributed by atoms with Crippen molar-refractivity contribution in [3.63, 3.8) is 0 Å². The van der Waals surface area contributed by atoms with E-state index in [0.29, 0.717) is 24.9 Å². The van der Waals surface area contributed by atoms with Crippen LogP contribution in [0.2, 0.25) is 0 Å². The quantitative estimate of drug-likeness (QED) is 0.631. The molecule has 10 heteroatoms. The van der Waals surface area contributed by atoms with Crippen molar-refractivity contribution in [1.82, 2.24) is 13.9 Å². The summed E-state index contributed by atoms with van der Waals surface area (Å²) in [7, 11) is -3.71. The molecule has 1 aliphatic heterocycles. The lowest BCUT2D eigenvalue weighted by Crippen LogP contribution is -2.52. The van der Waals surface area contributed by atoms with Gasteiger partial charge in [0.1, 0.15) is 11.9 Å². The normalized spacial score (nSPS) is 21.3. The molecule has 0 amide bonds. The molecule has 170 valence electrons. The Balaban J connectivity index is 1.67. The summed E-state index contributed by atoms with van der Waals surface area (Å²) >= 11 is 0. The van der Waals surface area contributed by atoms with Gasteiger partial charge in [0, 0.05) is 37.9 Å². The Hall–Kier alpha value is -1.94. The highest BCUT2D eigenvalue weighted by Crippen LogP contribution is 2.38. The smallest absolute Gasteiger partial charge is 0.248 e. The molecule has 0 N–H and O–H groups in total. The third kappa shape index (κ3) is 4.24. The second-order valence-electron chi connectivity index (χ2n) is 9.83. The van der Waals surface area contributed by atoms with E-state index >= 15 is 0 Å². The Morgan fingerprint density at radius 3 is 2.42 bits per heavy atom. The summed E-state index contributed by atoms with van der Waals surface area (Å²) in [5, 5.41) is 2.89. The maximum Gasteiger partial charge on any atom is 0.248 e. The summed E-state index contributed by atoms with van der Waals surface area (Å²) in [6.07, 6.45) is 0.737. The van der Waals surface area contributed by atoms with Gasteiger partial charge in [0.05, 0.1) is 15.9 Å². The molecule has 0 bridgehead atoms. The minimum absolute atomic E-state index is 0.0932. The molecular formula is C21H28F2N4O3S. The van der Waals surface area contributed by atoms with E-state index < -0.39 is 22.0 Å². The fourth-order valence-corrected chi connectivity index (χ4v) is 5.93. The van der Waals surface area contributed by atoms with Gasteiger partial charge in [0.25, 0.3) is 0 Å². The molecular weight excluding hydrogens is 426 g/mol. The molecule has 1 saturated heterocycles. The Bertz CT molecular complexity index is 1090. The predicted molar refractivity (Wildman–Crippen MR) is 114 cm³/mol. The molecule has 2 aromatic rings. The van der Waals surface area contributed by atoms with E-state index in [1.165, 1.54) is 4.31 Å². The number of nitroso groups, excluding NO2 is 1. The fourth-order valence-electron chi connectivity index (χ4n) is 4.40. The number of rotatable bonds is 5. The van der Waals surface area contributed by atoms with Crippen LogP contribution >= 0.6 is 0 Å². The van der Waals surface area contributed by atoms with Crippen molar-refractivity contribution in [1.29, 1.82) is 0 Å². The lowest BCUT2D eigenvalue weighted by Gasteiger charge is -2.33. The average molecular weight is 455 g/mol. The molecule has 1 aliphatic carbocycles. The van der Waals surface area contributed by atoms with Crippen LogP contribution < -0.4 is 0 Å².